The van der Waals surface area contributed by atoms with Crippen LogP contribution in [0.2, 0.25) is 0 Å². The molecule has 0 bridgehead atoms. The van der Waals surface area contributed by atoms with E-state index >= 15 is 0 Å². The third kappa shape index (κ3) is 4.31. The molecule has 0 heterocycles. The smallest absolute Gasteiger partial charge is 0.165 e. The summed E-state index contributed by atoms with van der Waals surface area (Å²) in [6.07, 6.45) is 0.598. The van der Waals surface area contributed by atoms with Gasteiger partial charge in [0.05, 0.1) is 13.2 Å². The Labute approximate surface area is 108 Å². The van der Waals surface area contributed by atoms with Crippen LogP contribution in [0, 0.1) is 17.8 Å². The van der Waals surface area contributed by atoms with Crippen molar-refractivity contribution in [1.82, 2.24) is 0 Å². The fraction of sp³-hybridized carbons (Fsp3) is 0.923. The predicted octanol–water partition coefficient (Wildman–Crippen LogP) is 0.171. The summed E-state index contributed by atoms with van der Waals surface area (Å²) in [7, 11) is 0. The lowest BCUT2D eigenvalue weighted by molar-refractivity contribution is -0.147. The first-order valence-corrected chi connectivity index (χ1v) is 6.41. The van der Waals surface area contributed by atoms with Crippen molar-refractivity contribution in [2.75, 3.05) is 13.2 Å². The molecule has 5 nitrogen and oxygen atoms in total. The van der Waals surface area contributed by atoms with Crippen molar-refractivity contribution in [1.29, 1.82) is 0 Å². The minimum atomic E-state index is -0.894. The standard InChI is InChI=1S/C13H24O4.H2O/c1-8(2)11-5-4-9(3)13(12(11)16)17-7-10(15)6-14;/h8-11,13-15H,4-7H2,1-3H3;1H2. The zero-order chi connectivity index (χ0) is 13.0. The van der Waals surface area contributed by atoms with Gasteiger partial charge in [0.25, 0.3) is 0 Å². The van der Waals surface area contributed by atoms with Crippen molar-refractivity contribution < 1.29 is 25.2 Å². The minimum Gasteiger partial charge on any atom is -0.412 e. The van der Waals surface area contributed by atoms with Crippen molar-refractivity contribution in [3.8, 4) is 0 Å². The fourth-order valence-electron chi connectivity index (χ4n) is 2.40. The van der Waals surface area contributed by atoms with Crippen LogP contribution < -0.4 is 0 Å². The molecular formula is C13H26O5. The highest BCUT2D eigenvalue weighted by atomic mass is 16.5. The van der Waals surface area contributed by atoms with Crippen molar-refractivity contribution >= 4 is 5.78 Å². The molecular weight excluding hydrogens is 236 g/mol. The van der Waals surface area contributed by atoms with E-state index in [-0.39, 0.29) is 36.3 Å². The van der Waals surface area contributed by atoms with Gasteiger partial charge < -0.3 is 20.4 Å². The molecule has 0 amide bonds. The van der Waals surface area contributed by atoms with E-state index in [1.54, 1.807) is 0 Å². The largest absolute Gasteiger partial charge is 0.412 e. The second-order valence-electron chi connectivity index (χ2n) is 5.40. The molecule has 0 radical (unpaired) electrons. The molecule has 1 aliphatic rings. The van der Waals surface area contributed by atoms with E-state index in [2.05, 4.69) is 13.8 Å². The molecule has 108 valence electrons. The number of ether oxygens (including phenoxy) is 1. The molecule has 4 unspecified atom stereocenters. The molecule has 1 rings (SSSR count). The molecule has 0 saturated heterocycles. The number of aliphatic hydroxyl groups excluding tert-OH is 2. The van der Waals surface area contributed by atoms with Crippen LogP contribution in [0.4, 0.5) is 0 Å². The van der Waals surface area contributed by atoms with Gasteiger partial charge in [-0.25, -0.2) is 0 Å². The summed E-state index contributed by atoms with van der Waals surface area (Å²) in [6, 6.07) is 0. The van der Waals surface area contributed by atoms with Gasteiger partial charge in [0, 0.05) is 5.92 Å². The van der Waals surface area contributed by atoms with Gasteiger partial charge in [0.1, 0.15) is 12.2 Å². The summed E-state index contributed by atoms with van der Waals surface area (Å²) in [5.74, 6) is 0.763. The van der Waals surface area contributed by atoms with Gasteiger partial charge in [-0.1, -0.05) is 20.8 Å². The lowest BCUT2D eigenvalue weighted by atomic mass is 9.75. The summed E-state index contributed by atoms with van der Waals surface area (Å²) in [6.45, 7) is 5.81. The number of hydrogen-bond acceptors (Lipinski definition) is 4. The first-order chi connectivity index (χ1) is 7.97. The van der Waals surface area contributed by atoms with Crippen LogP contribution in [0.1, 0.15) is 33.6 Å². The molecule has 4 N–H and O–H groups in total. The monoisotopic (exact) mass is 262 g/mol. The second kappa shape index (κ2) is 7.84. The van der Waals surface area contributed by atoms with Crippen molar-refractivity contribution in [2.45, 2.75) is 45.8 Å². The van der Waals surface area contributed by atoms with E-state index in [9.17, 15) is 9.90 Å². The Morgan fingerprint density at radius 3 is 2.50 bits per heavy atom. The first-order valence-electron chi connectivity index (χ1n) is 6.41. The Kier molecular flexibility index (Phi) is 7.62. The molecule has 1 aliphatic carbocycles. The van der Waals surface area contributed by atoms with Gasteiger partial charge >= 0.3 is 0 Å². The summed E-state index contributed by atoms with van der Waals surface area (Å²) < 4.78 is 5.48. The maximum absolute atomic E-state index is 12.2. The summed E-state index contributed by atoms with van der Waals surface area (Å²) in [4.78, 5) is 12.2. The summed E-state index contributed by atoms with van der Waals surface area (Å²) in [5, 5.41) is 18.0. The van der Waals surface area contributed by atoms with Crippen LogP contribution >= 0.6 is 0 Å². The number of ketones is 1. The fourth-order valence-corrected chi connectivity index (χ4v) is 2.40. The number of hydrogen-bond donors (Lipinski definition) is 2. The average Bonchev–Trinajstić information content (AvgIpc) is 2.27. The lowest BCUT2D eigenvalue weighted by Crippen LogP contribution is -2.43. The van der Waals surface area contributed by atoms with Crippen LogP contribution in [-0.2, 0) is 9.53 Å². The molecule has 0 aromatic carbocycles. The number of Topliss-reactive ketones (excluding diaryl/α,β-unsaturated/α-hetero) is 1. The molecule has 0 spiro atoms. The molecule has 0 aromatic heterocycles. The molecule has 1 fully saturated rings. The van der Waals surface area contributed by atoms with E-state index in [0.717, 1.165) is 12.8 Å². The van der Waals surface area contributed by atoms with Crippen LogP contribution in [0.25, 0.3) is 0 Å². The topological polar surface area (TPSA) is 98.3 Å². The molecule has 0 aromatic rings. The second-order valence-corrected chi connectivity index (χ2v) is 5.40. The Hall–Kier alpha value is -0.490. The SMILES string of the molecule is CC(C)C1CCC(C)C(OCC(O)CO)C1=O.O. The van der Waals surface area contributed by atoms with E-state index in [0.29, 0.717) is 5.92 Å². The predicted molar refractivity (Wildman–Crippen MR) is 68.2 cm³/mol. The van der Waals surface area contributed by atoms with Gasteiger partial charge in [0.2, 0.25) is 0 Å². The Balaban J connectivity index is 0.00000289. The maximum Gasteiger partial charge on any atom is 0.165 e. The third-order valence-electron chi connectivity index (χ3n) is 3.58. The molecule has 4 atom stereocenters. The lowest BCUT2D eigenvalue weighted by Gasteiger charge is -2.34. The van der Waals surface area contributed by atoms with E-state index in [1.807, 2.05) is 6.92 Å². The highest BCUT2D eigenvalue weighted by Crippen LogP contribution is 2.32. The van der Waals surface area contributed by atoms with Gasteiger partial charge in [-0.3, -0.25) is 4.79 Å². The molecule has 5 heteroatoms. The Bertz CT molecular complexity index is 254. The summed E-state index contributed by atoms with van der Waals surface area (Å²) in [5.41, 5.74) is 0. The van der Waals surface area contributed by atoms with Crippen LogP contribution in [0.15, 0.2) is 0 Å². The van der Waals surface area contributed by atoms with E-state index in [1.165, 1.54) is 0 Å². The highest BCUT2D eigenvalue weighted by molar-refractivity contribution is 5.86. The normalized spacial score (nSPS) is 30.1. The van der Waals surface area contributed by atoms with Gasteiger partial charge in [-0.05, 0) is 24.7 Å². The number of rotatable bonds is 5. The Morgan fingerprint density at radius 1 is 1.39 bits per heavy atom. The highest BCUT2D eigenvalue weighted by Gasteiger charge is 2.38. The van der Waals surface area contributed by atoms with Gasteiger partial charge in [-0.2, -0.15) is 0 Å². The van der Waals surface area contributed by atoms with Crippen molar-refractivity contribution in [2.24, 2.45) is 17.8 Å². The number of carbonyl (C=O) groups is 1. The maximum atomic E-state index is 12.2. The molecule has 18 heavy (non-hydrogen) atoms. The molecule has 0 aliphatic heterocycles. The number of aliphatic hydroxyl groups is 2. The van der Waals surface area contributed by atoms with Gasteiger partial charge in [0.15, 0.2) is 5.78 Å². The first kappa shape index (κ1) is 17.5. The third-order valence-corrected chi connectivity index (χ3v) is 3.58. The zero-order valence-electron chi connectivity index (χ0n) is 11.4. The van der Waals surface area contributed by atoms with Gasteiger partial charge in [-0.15, -0.1) is 0 Å². The average molecular weight is 262 g/mol. The zero-order valence-corrected chi connectivity index (χ0v) is 11.4. The van der Waals surface area contributed by atoms with Crippen LogP contribution in [-0.4, -0.2) is 46.9 Å². The summed E-state index contributed by atoms with van der Waals surface area (Å²) >= 11 is 0. The van der Waals surface area contributed by atoms with Crippen LogP contribution in [0.3, 0.4) is 0 Å². The number of carbonyl (C=O) groups excluding carboxylic acids is 1. The van der Waals surface area contributed by atoms with E-state index < -0.39 is 12.2 Å². The van der Waals surface area contributed by atoms with Crippen molar-refractivity contribution in [3.63, 3.8) is 0 Å². The van der Waals surface area contributed by atoms with Crippen molar-refractivity contribution in [3.05, 3.63) is 0 Å². The minimum absolute atomic E-state index is 0. The Morgan fingerprint density at radius 2 is 2.00 bits per heavy atom. The van der Waals surface area contributed by atoms with Crippen LogP contribution in [0.5, 0.6) is 0 Å². The molecule has 1 saturated carbocycles. The van der Waals surface area contributed by atoms with E-state index in [4.69, 9.17) is 9.84 Å². The quantitative estimate of drug-likeness (QED) is 0.738.